The number of esters is 1. The number of carbonyl (C=O) groups is 1. The van der Waals surface area contributed by atoms with Crippen LogP contribution in [0.2, 0.25) is 0 Å². The van der Waals surface area contributed by atoms with Crippen molar-refractivity contribution in [3.05, 3.63) is 40.8 Å². The lowest BCUT2D eigenvalue weighted by Crippen LogP contribution is -2.29. The molecular formula is C14H10FNO3. The van der Waals surface area contributed by atoms with Gasteiger partial charge in [-0.3, -0.25) is 0 Å². The number of ether oxygens (including phenoxy) is 1. The molecule has 0 fully saturated rings. The Morgan fingerprint density at radius 3 is 2.95 bits per heavy atom. The van der Waals surface area contributed by atoms with Crippen molar-refractivity contribution < 1.29 is 18.7 Å². The summed E-state index contributed by atoms with van der Waals surface area (Å²) in [5.74, 6) is 0.853. The third-order valence-corrected chi connectivity index (χ3v) is 3.39. The SMILES string of the molecule is COC(=O)C1=CC(=C=O)c2cc(F)cc3c2N1CC3. The van der Waals surface area contributed by atoms with E-state index in [9.17, 15) is 14.0 Å². The zero-order valence-electron chi connectivity index (χ0n) is 10.2. The van der Waals surface area contributed by atoms with Crippen LogP contribution in [-0.2, 0) is 20.7 Å². The van der Waals surface area contributed by atoms with Crippen molar-refractivity contribution in [3.63, 3.8) is 0 Å². The number of carbonyl (C=O) groups excluding carboxylic acids is 2. The first kappa shape index (κ1) is 11.7. The minimum atomic E-state index is -0.518. The molecule has 0 spiro atoms. The van der Waals surface area contributed by atoms with E-state index in [0.717, 1.165) is 5.56 Å². The van der Waals surface area contributed by atoms with Gasteiger partial charge in [0.1, 0.15) is 17.5 Å². The zero-order valence-corrected chi connectivity index (χ0v) is 10.2. The minimum Gasteiger partial charge on any atom is -0.464 e. The molecule has 0 saturated heterocycles. The van der Waals surface area contributed by atoms with Gasteiger partial charge in [-0.2, -0.15) is 0 Å². The number of nitrogens with zero attached hydrogens (tertiary/aromatic N) is 1. The third kappa shape index (κ3) is 1.59. The molecule has 3 rings (SSSR count). The van der Waals surface area contributed by atoms with E-state index < -0.39 is 11.8 Å². The normalized spacial score (nSPS) is 15.8. The predicted octanol–water partition coefficient (Wildman–Crippen LogP) is 1.47. The standard InChI is InChI=1S/C14H10FNO3/c1-19-14(18)12-5-9(7-17)11-6-10(15)4-8-2-3-16(12)13(8)11/h4-6H,2-3H2,1H3. The molecule has 0 aromatic heterocycles. The van der Waals surface area contributed by atoms with Crippen molar-refractivity contribution in [2.75, 3.05) is 18.6 Å². The number of halogens is 1. The summed E-state index contributed by atoms with van der Waals surface area (Å²) in [7, 11) is 1.28. The van der Waals surface area contributed by atoms with Crippen molar-refractivity contribution in [2.45, 2.75) is 6.42 Å². The summed E-state index contributed by atoms with van der Waals surface area (Å²) in [6.07, 6.45) is 2.02. The van der Waals surface area contributed by atoms with Crippen LogP contribution in [0.5, 0.6) is 0 Å². The van der Waals surface area contributed by atoms with Crippen LogP contribution in [0.3, 0.4) is 0 Å². The number of rotatable bonds is 1. The Morgan fingerprint density at radius 1 is 1.47 bits per heavy atom. The van der Waals surface area contributed by atoms with Gasteiger partial charge in [0.05, 0.1) is 18.4 Å². The lowest BCUT2D eigenvalue weighted by Gasteiger charge is -2.27. The first-order valence-electron chi connectivity index (χ1n) is 5.81. The van der Waals surface area contributed by atoms with Crippen molar-refractivity contribution in [1.82, 2.24) is 0 Å². The average Bonchev–Trinajstić information content (AvgIpc) is 2.83. The van der Waals surface area contributed by atoms with Crippen molar-refractivity contribution >= 4 is 23.2 Å². The number of benzene rings is 1. The third-order valence-electron chi connectivity index (χ3n) is 3.39. The van der Waals surface area contributed by atoms with Crippen LogP contribution >= 0.6 is 0 Å². The van der Waals surface area contributed by atoms with Crippen molar-refractivity contribution in [2.24, 2.45) is 0 Å². The Balaban J connectivity index is 2.26. The predicted molar refractivity (Wildman–Crippen MR) is 66.6 cm³/mol. The summed E-state index contributed by atoms with van der Waals surface area (Å²) in [5.41, 5.74) is 2.45. The molecule has 1 aromatic carbocycles. The van der Waals surface area contributed by atoms with Crippen LogP contribution in [-0.4, -0.2) is 25.6 Å². The van der Waals surface area contributed by atoms with Crippen LogP contribution in [0.1, 0.15) is 11.1 Å². The summed E-state index contributed by atoms with van der Waals surface area (Å²) in [6.45, 7) is 0.568. The molecule has 2 aliphatic heterocycles. The molecule has 0 amide bonds. The Labute approximate surface area is 108 Å². The number of allylic oxidation sites excluding steroid dienone is 2. The van der Waals surface area contributed by atoms with E-state index in [-0.39, 0.29) is 5.57 Å². The van der Waals surface area contributed by atoms with Gasteiger partial charge in [-0.1, -0.05) is 0 Å². The lowest BCUT2D eigenvalue weighted by atomic mass is 9.97. The van der Waals surface area contributed by atoms with Gasteiger partial charge < -0.3 is 9.64 Å². The number of anilines is 1. The van der Waals surface area contributed by atoms with Crippen LogP contribution in [0.4, 0.5) is 10.1 Å². The molecule has 4 nitrogen and oxygen atoms in total. The van der Waals surface area contributed by atoms with E-state index in [1.165, 1.54) is 25.3 Å². The van der Waals surface area contributed by atoms with Gasteiger partial charge in [-0.05, 0) is 30.2 Å². The molecular weight excluding hydrogens is 249 g/mol. The smallest absolute Gasteiger partial charge is 0.354 e. The molecule has 0 saturated carbocycles. The molecule has 96 valence electrons. The molecule has 19 heavy (non-hydrogen) atoms. The van der Waals surface area contributed by atoms with Crippen molar-refractivity contribution in [3.8, 4) is 0 Å². The summed E-state index contributed by atoms with van der Waals surface area (Å²) < 4.78 is 18.2. The molecule has 0 radical (unpaired) electrons. The minimum absolute atomic E-state index is 0.175. The summed E-state index contributed by atoms with van der Waals surface area (Å²) in [6, 6.07) is 2.73. The lowest BCUT2D eigenvalue weighted by molar-refractivity contribution is -0.136. The second-order valence-corrected chi connectivity index (χ2v) is 4.40. The molecule has 0 atom stereocenters. The molecule has 0 aliphatic carbocycles. The van der Waals surface area contributed by atoms with E-state index in [1.54, 1.807) is 10.8 Å². The van der Waals surface area contributed by atoms with Crippen LogP contribution < -0.4 is 4.90 Å². The van der Waals surface area contributed by atoms with E-state index in [0.29, 0.717) is 29.9 Å². The summed E-state index contributed by atoms with van der Waals surface area (Å²) >= 11 is 0. The average molecular weight is 259 g/mol. The van der Waals surface area contributed by atoms with Gasteiger partial charge in [0.15, 0.2) is 0 Å². The van der Waals surface area contributed by atoms with Gasteiger partial charge >= 0.3 is 5.97 Å². The highest BCUT2D eigenvalue weighted by molar-refractivity contribution is 6.08. The van der Waals surface area contributed by atoms with E-state index in [4.69, 9.17) is 4.74 Å². The highest BCUT2D eigenvalue weighted by Gasteiger charge is 2.34. The van der Waals surface area contributed by atoms with Gasteiger partial charge in [-0.25, -0.2) is 14.0 Å². The second-order valence-electron chi connectivity index (χ2n) is 4.40. The second kappa shape index (κ2) is 4.07. The van der Waals surface area contributed by atoms with Crippen molar-refractivity contribution in [1.29, 1.82) is 0 Å². The Hall–Kier alpha value is -2.39. The fraction of sp³-hybridized carbons (Fsp3) is 0.214. The van der Waals surface area contributed by atoms with Crippen LogP contribution in [0.15, 0.2) is 23.9 Å². The number of hydrogen-bond donors (Lipinski definition) is 0. The highest BCUT2D eigenvalue weighted by atomic mass is 19.1. The molecule has 2 aliphatic rings. The van der Waals surface area contributed by atoms with Gasteiger partial charge in [0.25, 0.3) is 0 Å². The first-order chi connectivity index (χ1) is 9.15. The van der Waals surface area contributed by atoms with Gasteiger partial charge in [0.2, 0.25) is 0 Å². The van der Waals surface area contributed by atoms with Crippen LogP contribution in [0, 0.1) is 5.82 Å². The topological polar surface area (TPSA) is 46.6 Å². The Morgan fingerprint density at radius 2 is 2.26 bits per heavy atom. The van der Waals surface area contributed by atoms with Crippen LogP contribution in [0.25, 0.3) is 5.57 Å². The van der Waals surface area contributed by atoms with Gasteiger partial charge in [-0.15, -0.1) is 0 Å². The largest absolute Gasteiger partial charge is 0.464 e. The monoisotopic (exact) mass is 259 g/mol. The highest BCUT2D eigenvalue weighted by Crippen LogP contribution is 2.42. The maximum absolute atomic E-state index is 13.5. The quantitative estimate of drug-likeness (QED) is 0.566. The summed E-state index contributed by atoms with van der Waals surface area (Å²) in [4.78, 5) is 24.5. The molecule has 5 heteroatoms. The van der Waals surface area contributed by atoms with E-state index >= 15 is 0 Å². The zero-order chi connectivity index (χ0) is 13.6. The Bertz CT molecular complexity index is 672. The maximum Gasteiger partial charge on any atom is 0.354 e. The van der Waals surface area contributed by atoms with E-state index in [1.807, 2.05) is 0 Å². The van der Waals surface area contributed by atoms with E-state index in [2.05, 4.69) is 0 Å². The fourth-order valence-corrected chi connectivity index (χ4v) is 2.61. The molecule has 2 heterocycles. The molecule has 0 bridgehead atoms. The first-order valence-corrected chi connectivity index (χ1v) is 5.81. The number of methoxy groups -OCH3 is 1. The molecule has 0 N–H and O–H groups in total. The molecule has 1 aromatic rings. The Kier molecular flexibility index (Phi) is 2.50. The fourth-order valence-electron chi connectivity index (χ4n) is 2.61. The van der Waals surface area contributed by atoms with Gasteiger partial charge in [0, 0.05) is 12.1 Å². The summed E-state index contributed by atoms with van der Waals surface area (Å²) in [5, 5.41) is 0. The number of hydrogen-bond acceptors (Lipinski definition) is 4. The maximum atomic E-state index is 13.5. The molecule has 0 unspecified atom stereocenters.